The minimum atomic E-state index is -0.242. The van der Waals surface area contributed by atoms with E-state index < -0.39 is 0 Å². The summed E-state index contributed by atoms with van der Waals surface area (Å²) in [6.45, 7) is 0.359. The summed E-state index contributed by atoms with van der Waals surface area (Å²) in [5.74, 6) is 0.0678. The molecule has 0 atom stereocenters. The highest BCUT2D eigenvalue weighted by atomic mass is 16.3. The maximum Gasteiger partial charge on any atom is 0.287 e. The Morgan fingerprint density at radius 1 is 1.18 bits per heavy atom. The molecule has 22 heavy (non-hydrogen) atoms. The van der Waals surface area contributed by atoms with E-state index in [1.807, 2.05) is 59.3 Å². The number of nitrogens with zero attached hydrogens (tertiary/aromatic N) is 2. The first kappa shape index (κ1) is 12.6. The lowest BCUT2D eigenvalue weighted by Gasteiger charge is -1.99. The first-order valence-corrected chi connectivity index (χ1v) is 6.99. The van der Waals surface area contributed by atoms with Crippen LogP contribution in [0.2, 0.25) is 0 Å². The molecule has 4 aromatic rings. The molecule has 3 heterocycles. The zero-order valence-corrected chi connectivity index (χ0v) is 11.7. The summed E-state index contributed by atoms with van der Waals surface area (Å²) in [4.78, 5) is 16.6. The van der Waals surface area contributed by atoms with Crippen molar-refractivity contribution in [2.45, 2.75) is 6.54 Å². The van der Waals surface area contributed by atoms with E-state index in [0.29, 0.717) is 17.9 Å². The molecule has 0 fully saturated rings. The summed E-state index contributed by atoms with van der Waals surface area (Å²) >= 11 is 0. The van der Waals surface area contributed by atoms with E-state index in [4.69, 9.17) is 4.42 Å². The second kappa shape index (κ2) is 5.04. The van der Waals surface area contributed by atoms with Crippen LogP contribution in [0.5, 0.6) is 0 Å². The summed E-state index contributed by atoms with van der Waals surface area (Å²) in [6.07, 6.45) is 3.82. The fraction of sp³-hybridized carbons (Fsp3) is 0.0588. The van der Waals surface area contributed by atoms with Gasteiger partial charge in [0, 0.05) is 17.8 Å². The van der Waals surface area contributed by atoms with Gasteiger partial charge in [-0.2, -0.15) is 0 Å². The second-order valence-electron chi connectivity index (χ2n) is 5.03. The van der Waals surface area contributed by atoms with Crippen molar-refractivity contribution in [2.24, 2.45) is 0 Å². The Labute approximate surface area is 126 Å². The Morgan fingerprint density at radius 3 is 2.91 bits per heavy atom. The molecule has 5 nitrogen and oxygen atoms in total. The van der Waals surface area contributed by atoms with Gasteiger partial charge in [-0.3, -0.25) is 4.79 Å². The third kappa shape index (κ3) is 2.22. The van der Waals surface area contributed by atoms with E-state index in [1.54, 1.807) is 6.07 Å². The maximum absolute atomic E-state index is 12.2. The zero-order valence-electron chi connectivity index (χ0n) is 11.7. The highest BCUT2D eigenvalue weighted by molar-refractivity contribution is 5.95. The van der Waals surface area contributed by atoms with Gasteiger partial charge in [0.2, 0.25) is 0 Å². The lowest BCUT2D eigenvalue weighted by molar-refractivity contribution is 0.0925. The average Bonchev–Trinajstić information content (AvgIpc) is 3.15. The average molecular weight is 291 g/mol. The summed E-state index contributed by atoms with van der Waals surface area (Å²) < 4.78 is 7.46. The van der Waals surface area contributed by atoms with Crippen LogP contribution in [-0.2, 0) is 6.54 Å². The van der Waals surface area contributed by atoms with Crippen LogP contribution >= 0.6 is 0 Å². The van der Waals surface area contributed by atoms with Gasteiger partial charge in [-0.05, 0) is 24.3 Å². The third-order valence-corrected chi connectivity index (χ3v) is 3.49. The van der Waals surface area contributed by atoms with Crippen LogP contribution in [0.4, 0.5) is 0 Å². The van der Waals surface area contributed by atoms with Gasteiger partial charge >= 0.3 is 0 Å². The minimum absolute atomic E-state index is 0.242. The third-order valence-electron chi connectivity index (χ3n) is 3.49. The first-order chi connectivity index (χ1) is 10.8. The largest absolute Gasteiger partial charge is 0.451 e. The van der Waals surface area contributed by atoms with Crippen LogP contribution in [0.1, 0.15) is 16.2 Å². The van der Waals surface area contributed by atoms with Crippen molar-refractivity contribution in [3.05, 3.63) is 72.4 Å². The summed E-state index contributed by atoms with van der Waals surface area (Å²) in [7, 11) is 0. The van der Waals surface area contributed by atoms with E-state index in [0.717, 1.165) is 16.7 Å². The Bertz CT molecular complexity index is 902. The number of fused-ring (bicyclic) bond motifs is 2. The Morgan fingerprint density at radius 2 is 2.05 bits per heavy atom. The number of imidazole rings is 1. The van der Waals surface area contributed by atoms with E-state index in [2.05, 4.69) is 10.3 Å². The van der Waals surface area contributed by atoms with E-state index in [1.165, 1.54) is 0 Å². The van der Waals surface area contributed by atoms with Gasteiger partial charge in [0.25, 0.3) is 5.91 Å². The van der Waals surface area contributed by atoms with Gasteiger partial charge in [-0.1, -0.05) is 24.3 Å². The van der Waals surface area contributed by atoms with Crippen LogP contribution in [0.25, 0.3) is 16.6 Å². The zero-order chi connectivity index (χ0) is 14.9. The molecule has 0 aliphatic rings. The van der Waals surface area contributed by atoms with E-state index >= 15 is 0 Å². The molecule has 1 aromatic carbocycles. The standard InChI is InChI=1S/C17H13N3O2/c21-17(15-9-12-5-1-2-6-14(12)22-15)18-10-13-11-20-8-4-3-7-16(20)19-13/h1-9,11H,10H2,(H,18,21). The van der Waals surface area contributed by atoms with E-state index in [-0.39, 0.29) is 5.91 Å². The minimum Gasteiger partial charge on any atom is -0.451 e. The lowest BCUT2D eigenvalue weighted by Crippen LogP contribution is -2.22. The molecule has 5 heteroatoms. The molecule has 0 aliphatic heterocycles. The number of hydrogen-bond donors (Lipinski definition) is 1. The predicted octanol–water partition coefficient (Wildman–Crippen LogP) is 3.01. The van der Waals surface area contributed by atoms with Gasteiger partial charge < -0.3 is 14.1 Å². The monoisotopic (exact) mass is 291 g/mol. The number of hydrogen-bond acceptors (Lipinski definition) is 3. The van der Waals surface area contributed by atoms with Crippen LogP contribution < -0.4 is 5.32 Å². The number of furan rings is 1. The maximum atomic E-state index is 12.2. The molecule has 0 radical (unpaired) electrons. The van der Waals surface area contributed by atoms with Crippen molar-refractivity contribution >= 4 is 22.5 Å². The van der Waals surface area contributed by atoms with Crippen molar-refractivity contribution in [3.63, 3.8) is 0 Å². The number of amides is 1. The molecule has 108 valence electrons. The quantitative estimate of drug-likeness (QED) is 0.631. The SMILES string of the molecule is O=C(NCc1cn2ccccc2n1)c1cc2ccccc2o1. The van der Waals surface area contributed by atoms with Crippen molar-refractivity contribution in [1.29, 1.82) is 0 Å². The molecule has 0 unspecified atom stereocenters. The fourth-order valence-electron chi connectivity index (χ4n) is 2.42. The van der Waals surface area contributed by atoms with Crippen LogP contribution in [0.15, 0.2) is 65.3 Å². The number of aromatic nitrogens is 2. The van der Waals surface area contributed by atoms with Crippen LogP contribution in [-0.4, -0.2) is 15.3 Å². The smallest absolute Gasteiger partial charge is 0.287 e. The Kier molecular flexibility index (Phi) is 2.89. The van der Waals surface area contributed by atoms with Gasteiger partial charge in [-0.25, -0.2) is 4.98 Å². The molecule has 0 saturated carbocycles. The number of nitrogens with one attached hydrogen (secondary N) is 1. The van der Waals surface area contributed by atoms with Crippen LogP contribution in [0.3, 0.4) is 0 Å². The van der Waals surface area contributed by atoms with Gasteiger partial charge in [0.15, 0.2) is 5.76 Å². The molecule has 0 spiro atoms. The van der Waals surface area contributed by atoms with E-state index in [9.17, 15) is 4.79 Å². The van der Waals surface area contributed by atoms with Crippen molar-refractivity contribution in [2.75, 3.05) is 0 Å². The van der Waals surface area contributed by atoms with Gasteiger partial charge in [0.05, 0.1) is 12.2 Å². The molecule has 4 rings (SSSR count). The summed E-state index contributed by atoms with van der Waals surface area (Å²) in [6, 6.07) is 15.1. The number of pyridine rings is 1. The Balaban J connectivity index is 1.51. The normalized spacial score (nSPS) is 11.1. The van der Waals surface area contributed by atoms with Gasteiger partial charge in [0.1, 0.15) is 11.2 Å². The highest BCUT2D eigenvalue weighted by Crippen LogP contribution is 2.18. The molecule has 3 aromatic heterocycles. The molecule has 0 saturated heterocycles. The van der Waals surface area contributed by atoms with Crippen LogP contribution in [0, 0.1) is 0 Å². The summed E-state index contributed by atoms with van der Waals surface area (Å²) in [5, 5.41) is 3.75. The first-order valence-electron chi connectivity index (χ1n) is 6.99. The summed E-state index contributed by atoms with van der Waals surface area (Å²) in [5.41, 5.74) is 2.37. The van der Waals surface area contributed by atoms with Gasteiger partial charge in [-0.15, -0.1) is 0 Å². The molecular formula is C17H13N3O2. The number of carbonyl (C=O) groups excluding carboxylic acids is 1. The molecule has 1 N–H and O–H groups in total. The topological polar surface area (TPSA) is 59.5 Å². The lowest BCUT2D eigenvalue weighted by atomic mass is 10.2. The van der Waals surface area contributed by atoms with Crippen molar-refractivity contribution in [3.8, 4) is 0 Å². The van der Waals surface area contributed by atoms with Crippen molar-refractivity contribution in [1.82, 2.24) is 14.7 Å². The molecule has 0 bridgehead atoms. The van der Waals surface area contributed by atoms with Crippen molar-refractivity contribution < 1.29 is 9.21 Å². The Hall–Kier alpha value is -3.08. The number of rotatable bonds is 3. The number of para-hydroxylation sites is 1. The molecular weight excluding hydrogens is 278 g/mol. The predicted molar refractivity (Wildman–Crippen MR) is 82.6 cm³/mol. The second-order valence-corrected chi connectivity index (χ2v) is 5.03. The number of benzene rings is 1. The molecule has 0 aliphatic carbocycles. The highest BCUT2D eigenvalue weighted by Gasteiger charge is 2.12. The molecule has 1 amide bonds. The fourth-order valence-corrected chi connectivity index (χ4v) is 2.42. The number of carbonyl (C=O) groups is 1.